The molecule has 0 radical (unpaired) electrons. The van der Waals surface area contributed by atoms with E-state index in [1.165, 1.54) is 25.0 Å². The Morgan fingerprint density at radius 1 is 1.38 bits per heavy atom. The molecule has 0 unspecified atom stereocenters. The van der Waals surface area contributed by atoms with Gasteiger partial charge in [-0.3, -0.25) is 0 Å². The van der Waals surface area contributed by atoms with E-state index in [9.17, 15) is 12.8 Å². The van der Waals surface area contributed by atoms with Gasteiger partial charge in [0.1, 0.15) is 5.82 Å². The first kappa shape index (κ1) is 14.9. The minimum Gasteiger partial charge on any atom is -0.326 e. The van der Waals surface area contributed by atoms with Crippen molar-refractivity contribution in [2.75, 3.05) is 6.54 Å². The molecule has 0 atom stereocenters. The smallest absolute Gasteiger partial charge is 0.240 e. The maximum absolute atomic E-state index is 13.8. The number of benzene rings is 1. The summed E-state index contributed by atoms with van der Waals surface area (Å²) in [5, 5.41) is 0. The standard InChI is InChI=1S/C15H21FN2O2S/c1-10-6-13(7-11(8-17)14(10)16)21(19,20)18-9-15(4-5-15)12-2-3-12/h6-7,12,18H,2-5,8-9,17H2,1H3. The Labute approximate surface area is 125 Å². The Kier molecular flexibility index (Phi) is 3.58. The fourth-order valence-electron chi connectivity index (χ4n) is 3.02. The monoisotopic (exact) mass is 312 g/mol. The van der Waals surface area contributed by atoms with Gasteiger partial charge in [0, 0.05) is 18.7 Å². The first-order valence-corrected chi connectivity index (χ1v) is 8.85. The third-order valence-electron chi connectivity index (χ3n) is 4.78. The first-order chi connectivity index (χ1) is 9.88. The molecule has 1 aromatic rings. The summed E-state index contributed by atoms with van der Waals surface area (Å²) < 4.78 is 41.3. The van der Waals surface area contributed by atoms with Crippen molar-refractivity contribution in [2.45, 2.75) is 44.0 Å². The van der Waals surface area contributed by atoms with Crippen molar-refractivity contribution in [3.05, 3.63) is 29.1 Å². The lowest BCUT2D eigenvalue weighted by Gasteiger charge is -2.16. The Morgan fingerprint density at radius 2 is 2.05 bits per heavy atom. The average Bonchev–Trinajstić information content (AvgIpc) is 3.31. The summed E-state index contributed by atoms with van der Waals surface area (Å²) in [6.45, 7) is 2.04. The molecule has 2 saturated carbocycles. The normalized spacial score (nSPS) is 20.5. The van der Waals surface area contributed by atoms with Crippen molar-refractivity contribution < 1.29 is 12.8 Å². The molecule has 0 bridgehead atoms. The molecule has 0 spiro atoms. The lowest BCUT2D eigenvalue weighted by molar-refractivity contribution is 0.432. The quantitative estimate of drug-likeness (QED) is 0.844. The lowest BCUT2D eigenvalue weighted by atomic mass is 10.0. The van der Waals surface area contributed by atoms with Gasteiger partial charge in [0.2, 0.25) is 10.0 Å². The fourth-order valence-corrected chi connectivity index (χ4v) is 4.29. The maximum Gasteiger partial charge on any atom is 0.240 e. The van der Waals surface area contributed by atoms with E-state index in [0.29, 0.717) is 18.0 Å². The summed E-state index contributed by atoms with van der Waals surface area (Å²) in [6, 6.07) is 2.70. The van der Waals surface area contributed by atoms with Crippen LogP contribution in [0, 0.1) is 24.1 Å². The van der Waals surface area contributed by atoms with Gasteiger partial charge in [-0.2, -0.15) is 0 Å². The van der Waals surface area contributed by atoms with E-state index < -0.39 is 15.8 Å². The Balaban J connectivity index is 1.79. The number of hydrogen-bond acceptors (Lipinski definition) is 3. The second-order valence-electron chi connectivity index (χ2n) is 6.38. The van der Waals surface area contributed by atoms with Gasteiger partial charge < -0.3 is 5.73 Å². The van der Waals surface area contributed by atoms with Gasteiger partial charge in [0.05, 0.1) is 4.90 Å². The zero-order chi connectivity index (χ0) is 15.3. The largest absolute Gasteiger partial charge is 0.326 e. The molecule has 0 saturated heterocycles. The number of rotatable bonds is 6. The van der Waals surface area contributed by atoms with Crippen LogP contribution < -0.4 is 10.5 Å². The number of sulfonamides is 1. The molecule has 2 fully saturated rings. The van der Waals surface area contributed by atoms with Crippen molar-refractivity contribution in [1.29, 1.82) is 0 Å². The second-order valence-corrected chi connectivity index (χ2v) is 8.15. The molecule has 2 aliphatic carbocycles. The van der Waals surface area contributed by atoms with Crippen LogP contribution in [0.5, 0.6) is 0 Å². The fraction of sp³-hybridized carbons (Fsp3) is 0.600. The highest BCUT2D eigenvalue weighted by Gasteiger charge is 2.53. The van der Waals surface area contributed by atoms with Crippen LogP contribution in [-0.4, -0.2) is 15.0 Å². The molecular weight excluding hydrogens is 291 g/mol. The average molecular weight is 312 g/mol. The lowest BCUT2D eigenvalue weighted by Crippen LogP contribution is -2.31. The topological polar surface area (TPSA) is 72.2 Å². The summed E-state index contributed by atoms with van der Waals surface area (Å²) in [4.78, 5) is 0.105. The van der Waals surface area contributed by atoms with Gasteiger partial charge >= 0.3 is 0 Å². The van der Waals surface area contributed by atoms with E-state index in [0.717, 1.165) is 12.8 Å². The molecule has 0 amide bonds. The SMILES string of the molecule is Cc1cc(S(=O)(=O)NCC2(C3CC3)CC2)cc(CN)c1F. The minimum atomic E-state index is -3.60. The van der Waals surface area contributed by atoms with Gasteiger partial charge in [0.15, 0.2) is 0 Å². The molecule has 6 heteroatoms. The van der Waals surface area contributed by atoms with Crippen LogP contribution in [-0.2, 0) is 16.6 Å². The maximum atomic E-state index is 13.8. The number of nitrogens with two attached hydrogens (primary N) is 1. The van der Waals surface area contributed by atoms with Crippen molar-refractivity contribution in [3.8, 4) is 0 Å². The summed E-state index contributed by atoms with van der Waals surface area (Å²) in [5.41, 5.74) is 6.21. The number of aryl methyl sites for hydroxylation is 1. The summed E-state index contributed by atoms with van der Waals surface area (Å²) >= 11 is 0. The summed E-state index contributed by atoms with van der Waals surface area (Å²) in [6.07, 6.45) is 4.65. The molecule has 0 aliphatic heterocycles. The van der Waals surface area contributed by atoms with Crippen LogP contribution in [0.1, 0.15) is 36.8 Å². The molecule has 116 valence electrons. The molecule has 21 heavy (non-hydrogen) atoms. The zero-order valence-electron chi connectivity index (χ0n) is 12.2. The Morgan fingerprint density at radius 3 is 2.57 bits per heavy atom. The number of hydrogen-bond donors (Lipinski definition) is 2. The van der Waals surface area contributed by atoms with Crippen LogP contribution in [0.4, 0.5) is 4.39 Å². The molecular formula is C15H21FN2O2S. The van der Waals surface area contributed by atoms with Crippen molar-refractivity contribution >= 4 is 10.0 Å². The number of nitrogens with one attached hydrogen (secondary N) is 1. The van der Waals surface area contributed by atoms with E-state index in [4.69, 9.17) is 5.73 Å². The van der Waals surface area contributed by atoms with Crippen molar-refractivity contribution in [3.63, 3.8) is 0 Å². The molecule has 0 aromatic heterocycles. The highest BCUT2D eigenvalue weighted by Crippen LogP contribution is 2.60. The van der Waals surface area contributed by atoms with Crippen LogP contribution in [0.3, 0.4) is 0 Å². The van der Waals surface area contributed by atoms with Crippen LogP contribution in [0.2, 0.25) is 0 Å². The van der Waals surface area contributed by atoms with Gasteiger partial charge in [0.25, 0.3) is 0 Å². The molecule has 4 nitrogen and oxygen atoms in total. The molecule has 1 aromatic carbocycles. The van der Waals surface area contributed by atoms with Crippen LogP contribution in [0.25, 0.3) is 0 Å². The molecule has 2 aliphatic rings. The van der Waals surface area contributed by atoms with E-state index in [-0.39, 0.29) is 22.4 Å². The third-order valence-corrected chi connectivity index (χ3v) is 6.16. The highest BCUT2D eigenvalue weighted by molar-refractivity contribution is 7.89. The van der Waals surface area contributed by atoms with Crippen molar-refractivity contribution in [2.24, 2.45) is 17.1 Å². The predicted molar refractivity (Wildman–Crippen MR) is 78.6 cm³/mol. The second kappa shape index (κ2) is 5.04. The van der Waals surface area contributed by atoms with Crippen LogP contribution >= 0.6 is 0 Å². The van der Waals surface area contributed by atoms with E-state index >= 15 is 0 Å². The summed E-state index contributed by atoms with van der Waals surface area (Å²) in [5.74, 6) is 0.267. The molecule has 0 heterocycles. The van der Waals surface area contributed by atoms with Gasteiger partial charge in [-0.25, -0.2) is 17.5 Å². The van der Waals surface area contributed by atoms with E-state index in [1.54, 1.807) is 6.92 Å². The van der Waals surface area contributed by atoms with Gasteiger partial charge in [-0.15, -0.1) is 0 Å². The van der Waals surface area contributed by atoms with E-state index in [1.807, 2.05) is 0 Å². The Bertz CT molecular complexity index is 664. The van der Waals surface area contributed by atoms with Crippen molar-refractivity contribution in [1.82, 2.24) is 4.72 Å². The number of halogens is 1. The first-order valence-electron chi connectivity index (χ1n) is 7.37. The highest BCUT2D eigenvalue weighted by atomic mass is 32.2. The van der Waals surface area contributed by atoms with Crippen LogP contribution in [0.15, 0.2) is 17.0 Å². The molecule has 3 N–H and O–H groups in total. The molecule has 3 rings (SSSR count). The zero-order valence-corrected chi connectivity index (χ0v) is 13.0. The van der Waals surface area contributed by atoms with E-state index in [2.05, 4.69) is 4.72 Å². The summed E-state index contributed by atoms with van der Waals surface area (Å²) in [7, 11) is -3.60. The minimum absolute atomic E-state index is 0.0119. The Hall–Kier alpha value is -0.980. The third kappa shape index (κ3) is 2.84. The predicted octanol–water partition coefficient (Wildman–Crippen LogP) is 2.06. The van der Waals surface area contributed by atoms with Gasteiger partial charge in [-0.1, -0.05) is 0 Å². The van der Waals surface area contributed by atoms with Gasteiger partial charge in [-0.05, 0) is 61.6 Å².